The van der Waals surface area contributed by atoms with Crippen LogP contribution in [-0.2, 0) is 37.5 Å². The van der Waals surface area contributed by atoms with E-state index in [2.05, 4.69) is 22.5 Å². The number of urea groups is 2. The summed E-state index contributed by atoms with van der Waals surface area (Å²) >= 11 is 0. The maximum Gasteiger partial charge on any atom is 0.329 e. The first-order valence-electron chi connectivity index (χ1n) is 24.8. The van der Waals surface area contributed by atoms with Crippen LogP contribution in [0.1, 0.15) is 75.7 Å². The van der Waals surface area contributed by atoms with Gasteiger partial charge in [-0.2, -0.15) is 0 Å². The van der Waals surface area contributed by atoms with Crippen LogP contribution in [0.5, 0.6) is 17.2 Å². The second-order valence-electron chi connectivity index (χ2n) is 18.9. The predicted molar refractivity (Wildman–Crippen MR) is 277 cm³/mol. The Bertz CT molecular complexity index is 3220. The van der Waals surface area contributed by atoms with Gasteiger partial charge in [0, 0.05) is 18.7 Å². The molecule has 1 spiro atoms. The molecule has 0 radical (unpaired) electrons. The lowest BCUT2D eigenvalue weighted by Crippen LogP contribution is -2.57. The number of aliphatic hydroxyl groups excluding tert-OH is 1. The average molecular weight is 1010 g/mol. The minimum atomic E-state index is -2.10. The van der Waals surface area contributed by atoms with Gasteiger partial charge in [-0.1, -0.05) is 115 Å². The van der Waals surface area contributed by atoms with Gasteiger partial charge in [-0.05, 0) is 94.8 Å². The van der Waals surface area contributed by atoms with Crippen molar-refractivity contribution in [3.05, 3.63) is 190 Å². The molecule has 10 rings (SSSR count). The van der Waals surface area contributed by atoms with Crippen molar-refractivity contribution in [2.24, 2.45) is 11.7 Å². The normalized spacial score (nSPS) is 21.9. The van der Waals surface area contributed by atoms with Gasteiger partial charge in [0.2, 0.25) is 11.8 Å². The molecule has 0 saturated carbocycles. The van der Waals surface area contributed by atoms with Crippen LogP contribution in [0.15, 0.2) is 146 Å². The molecule has 0 aliphatic carbocycles. The van der Waals surface area contributed by atoms with Crippen molar-refractivity contribution >= 4 is 35.5 Å². The number of anilines is 1. The minimum Gasteiger partial charge on any atom is -0.493 e. The van der Waals surface area contributed by atoms with Crippen LogP contribution in [-0.4, -0.2) is 91.3 Å². The van der Waals surface area contributed by atoms with Crippen LogP contribution < -0.4 is 35.5 Å². The molecule has 382 valence electrons. The van der Waals surface area contributed by atoms with E-state index in [1.54, 1.807) is 48.4 Å². The number of morpholine rings is 1. The van der Waals surface area contributed by atoms with Crippen LogP contribution in [0.4, 0.5) is 15.3 Å². The zero-order chi connectivity index (χ0) is 52.4. The van der Waals surface area contributed by atoms with Gasteiger partial charge < -0.3 is 45.3 Å². The number of nitrogens with one attached hydrogen (secondary N) is 2. The molecule has 4 aliphatic rings. The van der Waals surface area contributed by atoms with Crippen molar-refractivity contribution in [3.63, 3.8) is 0 Å². The SMILES string of the molecule is COc1cc2c(cc1OC)CN(C(=O)[C@@H]1[C@H]3C(=O)O[C@H](c4ccccc4)[C@H](c4ccccc4)N3[C@H](c3cccc(OCCO)c3)[C@@]13C(=O)N(C(=O)N[C@H](C)c1ccccc1)c1ccc(C#CCNC(N)=O)cc13)CC2. The van der Waals surface area contributed by atoms with E-state index in [1.165, 1.54) is 7.11 Å². The third kappa shape index (κ3) is 9.04. The van der Waals surface area contributed by atoms with Crippen molar-refractivity contribution < 1.29 is 48.0 Å². The molecule has 6 aromatic rings. The van der Waals surface area contributed by atoms with E-state index < -0.39 is 71.5 Å². The Morgan fingerprint density at radius 2 is 1.48 bits per heavy atom. The van der Waals surface area contributed by atoms with Crippen LogP contribution >= 0.6 is 0 Å². The summed E-state index contributed by atoms with van der Waals surface area (Å²) in [6, 6.07) is 38.4. The van der Waals surface area contributed by atoms with E-state index in [-0.39, 0.29) is 44.1 Å². The highest BCUT2D eigenvalue weighted by Crippen LogP contribution is 2.66. The molecule has 6 amide bonds. The van der Waals surface area contributed by atoms with Gasteiger partial charge >= 0.3 is 18.0 Å². The Balaban J connectivity index is 1.26. The number of amides is 6. The average Bonchev–Trinajstić information content (AvgIpc) is 3.94. The second kappa shape index (κ2) is 21.1. The van der Waals surface area contributed by atoms with Crippen LogP contribution in [0, 0.1) is 17.8 Å². The molecule has 0 bridgehead atoms. The molecule has 16 nitrogen and oxygen atoms in total. The van der Waals surface area contributed by atoms with Crippen molar-refractivity contribution in [2.45, 2.75) is 55.6 Å². The fraction of sp³-hybridized carbons (Fsp3) is 0.271. The van der Waals surface area contributed by atoms with E-state index in [9.17, 15) is 9.90 Å². The molecule has 4 aliphatic heterocycles. The monoisotopic (exact) mass is 1010 g/mol. The summed E-state index contributed by atoms with van der Waals surface area (Å²) in [5.74, 6) is 3.81. The van der Waals surface area contributed by atoms with Gasteiger partial charge in [0.25, 0.3) is 0 Å². The van der Waals surface area contributed by atoms with Gasteiger partial charge in [0.15, 0.2) is 11.5 Å². The quantitative estimate of drug-likeness (QED) is 0.0741. The fourth-order valence-corrected chi connectivity index (χ4v) is 11.5. The third-order valence-corrected chi connectivity index (χ3v) is 14.7. The largest absolute Gasteiger partial charge is 0.493 e. The van der Waals surface area contributed by atoms with Crippen LogP contribution in [0.3, 0.4) is 0 Å². The molecule has 16 heteroatoms. The minimum absolute atomic E-state index is 0.0448. The van der Waals surface area contributed by atoms with E-state index >= 15 is 19.2 Å². The molecule has 75 heavy (non-hydrogen) atoms. The van der Waals surface area contributed by atoms with Crippen LogP contribution in [0.2, 0.25) is 0 Å². The molecule has 7 atom stereocenters. The topological polar surface area (TPSA) is 202 Å². The number of nitrogens with two attached hydrogens (primary N) is 1. The van der Waals surface area contributed by atoms with Gasteiger partial charge in [0.05, 0.1) is 57.1 Å². The van der Waals surface area contributed by atoms with Gasteiger partial charge in [-0.15, -0.1) is 0 Å². The Kier molecular flexibility index (Phi) is 14.0. The number of carbonyl (C=O) groups is 5. The molecular formula is C59H56N6O10. The molecule has 4 heterocycles. The van der Waals surface area contributed by atoms with Gasteiger partial charge in [0.1, 0.15) is 29.9 Å². The molecular weight excluding hydrogens is 953 g/mol. The van der Waals surface area contributed by atoms with E-state index in [0.717, 1.165) is 27.2 Å². The first kappa shape index (κ1) is 49.9. The summed E-state index contributed by atoms with van der Waals surface area (Å²) in [6.45, 7) is 1.69. The smallest absolute Gasteiger partial charge is 0.329 e. The van der Waals surface area contributed by atoms with E-state index in [0.29, 0.717) is 40.4 Å². The first-order valence-corrected chi connectivity index (χ1v) is 24.8. The molecule has 0 unspecified atom stereocenters. The number of fused-ring (bicyclic) bond motifs is 4. The van der Waals surface area contributed by atoms with E-state index in [1.807, 2.05) is 121 Å². The van der Waals surface area contributed by atoms with Crippen molar-refractivity contribution in [2.75, 3.05) is 45.4 Å². The molecule has 6 aromatic carbocycles. The van der Waals surface area contributed by atoms with E-state index in [4.69, 9.17) is 24.7 Å². The molecule has 2 fully saturated rings. The number of primary amides is 1. The number of ether oxygens (including phenoxy) is 4. The van der Waals surface area contributed by atoms with Crippen molar-refractivity contribution in [3.8, 4) is 29.1 Å². The second-order valence-corrected chi connectivity index (χ2v) is 18.9. The number of benzene rings is 6. The summed E-state index contributed by atoms with van der Waals surface area (Å²) in [6.07, 6.45) is -0.549. The predicted octanol–water partition coefficient (Wildman–Crippen LogP) is 6.82. The number of nitrogens with zero attached hydrogens (tertiary/aromatic N) is 3. The summed E-state index contributed by atoms with van der Waals surface area (Å²) in [7, 11) is 3.10. The number of hydrogen-bond acceptors (Lipinski definition) is 11. The highest BCUT2D eigenvalue weighted by molar-refractivity contribution is 6.24. The maximum atomic E-state index is 17.0. The fourth-order valence-electron chi connectivity index (χ4n) is 11.5. The highest BCUT2D eigenvalue weighted by atomic mass is 16.6. The zero-order valence-corrected chi connectivity index (χ0v) is 41.6. The highest BCUT2D eigenvalue weighted by Gasteiger charge is 2.76. The Labute approximate surface area is 434 Å². The number of cyclic esters (lactones) is 1. The number of aliphatic hydroxyl groups is 1. The molecule has 0 aromatic heterocycles. The number of esters is 1. The van der Waals surface area contributed by atoms with Gasteiger partial charge in [-0.25, -0.2) is 14.5 Å². The molecule has 5 N–H and O–H groups in total. The number of hydrogen-bond donors (Lipinski definition) is 4. The zero-order valence-electron chi connectivity index (χ0n) is 41.6. The summed E-state index contributed by atoms with van der Waals surface area (Å²) in [4.78, 5) is 81.0. The number of imide groups is 1. The Hall–Kier alpha value is -8.65. The summed E-state index contributed by atoms with van der Waals surface area (Å²) < 4.78 is 24.1. The lowest BCUT2D eigenvalue weighted by molar-refractivity contribution is -0.179. The number of methoxy groups -OCH3 is 2. The first-order chi connectivity index (χ1) is 36.5. The maximum absolute atomic E-state index is 17.0. The van der Waals surface area contributed by atoms with Gasteiger partial charge in [-0.3, -0.25) is 19.3 Å². The lowest BCUT2D eigenvalue weighted by Gasteiger charge is -2.46. The number of rotatable bonds is 12. The van der Waals surface area contributed by atoms with Crippen molar-refractivity contribution in [1.29, 1.82) is 0 Å². The summed E-state index contributed by atoms with van der Waals surface area (Å²) in [5.41, 5.74) is 8.52. The van der Waals surface area contributed by atoms with Crippen molar-refractivity contribution in [1.82, 2.24) is 20.4 Å². The molecule has 2 saturated heterocycles. The Morgan fingerprint density at radius 3 is 2.16 bits per heavy atom. The summed E-state index contributed by atoms with van der Waals surface area (Å²) in [5, 5.41) is 15.5. The lowest BCUT2D eigenvalue weighted by atomic mass is 9.64. The standard InChI is InChI=1S/C59H56N6O10/c1-36(38-16-7-4-8-17-38)62-58(71)64-46-25-24-37(15-14-27-61-57(60)70)31-45(46)59(56(64)69)49(54(67)63-28-26-41-33-47(72-2)48(73-3)34-43(41)35-63)51-55(68)75-52(40-20-11-6-12-21-40)50(39-18-9-5-10-19-39)65(51)53(59)42-22-13-23-44(32-42)74-30-29-66/h4-13,16-25,31-34,36,49-53,66H,26-30,35H2,1-3H3,(H,62,71)(H3,60,61,70)/t36-,49+,50+,51+,52-,53-,59+/m1/s1. The third-order valence-electron chi connectivity index (χ3n) is 14.7. The number of carbonyl (C=O) groups excluding carboxylic acids is 5. The van der Waals surface area contributed by atoms with Crippen LogP contribution in [0.25, 0.3) is 0 Å². The Morgan fingerprint density at radius 1 is 0.813 bits per heavy atom.